The zero-order chi connectivity index (χ0) is 38.6. The van der Waals surface area contributed by atoms with E-state index in [0.717, 1.165) is 6.42 Å². The summed E-state index contributed by atoms with van der Waals surface area (Å²) in [6.45, 7) is 2.42. The lowest BCUT2D eigenvalue weighted by molar-refractivity contribution is 0.572. The van der Waals surface area contributed by atoms with Gasteiger partial charge in [-0.3, -0.25) is 0 Å². The van der Waals surface area contributed by atoms with Crippen molar-refractivity contribution < 1.29 is 0 Å². The Morgan fingerprint density at radius 3 is 0.931 bits per heavy atom. The summed E-state index contributed by atoms with van der Waals surface area (Å²) >= 11 is 0. The van der Waals surface area contributed by atoms with Crippen molar-refractivity contribution in [2.45, 2.75) is 25.2 Å². The number of fused-ring (bicyclic) bond motifs is 16. The molecule has 2 atom stereocenters. The summed E-state index contributed by atoms with van der Waals surface area (Å²) in [5.74, 6) is 0.501. The van der Waals surface area contributed by atoms with E-state index < -0.39 is 0 Å². The van der Waals surface area contributed by atoms with E-state index in [1.807, 2.05) is 0 Å². The summed E-state index contributed by atoms with van der Waals surface area (Å²) in [5.41, 5.74) is 24.6. The highest BCUT2D eigenvalue weighted by atomic mass is 14.3. The minimum absolute atomic E-state index is 0.225. The molecule has 0 nitrogen and oxygen atoms in total. The van der Waals surface area contributed by atoms with Gasteiger partial charge in [0.15, 0.2) is 0 Å². The Hall–Kier alpha value is -7.02. The van der Waals surface area contributed by atoms with Crippen molar-refractivity contribution in [2.75, 3.05) is 0 Å². The van der Waals surface area contributed by atoms with Crippen molar-refractivity contribution in [2.24, 2.45) is 0 Å². The number of rotatable bonds is 5. The summed E-state index contributed by atoms with van der Waals surface area (Å²) in [4.78, 5) is 0. The second-order valence-corrected chi connectivity index (χ2v) is 16.0. The monoisotopic (exact) mass is 738 g/mol. The molecule has 0 amide bonds. The van der Waals surface area contributed by atoms with Crippen LogP contribution in [0, 0.1) is 0 Å². The molecule has 0 fully saturated rings. The molecule has 9 aromatic carbocycles. The van der Waals surface area contributed by atoms with Gasteiger partial charge < -0.3 is 0 Å². The molecule has 9 aromatic rings. The van der Waals surface area contributed by atoms with Crippen molar-refractivity contribution in [3.05, 3.63) is 229 Å². The van der Waals surface area contributed by atoms with Crippen LogP contribution in [0.2, 0.25) is 0 Å². The molecule has 0 radical (unpaired) electrons. The highest BCUT2D eigenvalue weighted by Crippen LogP contribution is 2.51. The summed E-state index contributed by atoms with van der Waals surface area (Å²) in [6.07, 6.45) is 0.906. The van der Waals surface area contributed by atoms with Crippen molar-refractivity contribution in [3.8, 4) is 89.0 Å². The quantitative estimate of drug-likeness (QED) is 0.165. The smallest absolute Gasteiger partial charge is 0.00551 e. The second-order valence-electron chi connectivity index (χ2n) is 16.0. The minimum atomic E-state index is 0.225. The van der Waals surface area contributed by atoms with Gasteiger partial charge in [-0.25, -0.2) is 0 Å². The largest absolute Gasteiger partial charge is 0.0622 e. The summed E-state index contributed by atoms with van der Waals surface area (Å²) < 4.78 is 0. The van der Waals surface area contributed by atoms with Crippen molar-refractivity contribution >= 4 is 0 Å². The molecule has 2 unspecified atom stereocenters. The molecular weight excluding hydrogens is 697 g/mol. The molecule has 274 valence electrons. The second kappa shape index (κ2) is 14.2. The molecule has 0 spiro atoms. The fourth-order valence-corrected chi connectivity index (χ4v) is 9.97. The number of hydrogen-bond donors (Lipinski definition) is 0. The topological polar surface area (TPSA) is 0 Å². The molecule has 2 aliphatic carbocycles. The maximum Gasteiger partial charge on any atom is -0.00551 e. The lowest BCUT2D eigenvalue weighted by Gasteiger charge is -2.29. The highest BCUT2D eigenvalue weighted by molar-refractivity contribution is 6.04. The van der Waals surface area contributed by atoms with Gasteiger partial charge in [-0.1, -0.05) is 219 Å². The first-order valence-corrected chi connectivity index (χ1v) is 20.6. The molecule has 0 heterocycles. The Kier molecular flexibility index (Phi) is 8.37. The lowest BCUT2D eigenvalue weighted by Crippen LogP contribution is -2.12. The molecule has 0 aromatic heterocycles. The fourth-order valence-electron chi connectivity index (χ4n) is 9.97. The van der Waals surface area contributed by atoms with Gasteiger partial charge in [-0.15, -0.1) is 0 Å². The molecule has 0 heteroatoms. The van der Waals surface area contributed by atoms with E-state index in [0.29, 0.717) is 0 Å². The Bertz CT molecular complexity index is 2990. The van der Waals surface area contributed by atoms with Gasteiger partial charge in [0.2, 0.25) is 0 Å². The molecule has 2 aliphatic rings. The van der Waals surface area contributed by atoms with Crippen molar-refractivity contribution in [3.63, 3.8) is 0 Å². The molecule has 11 rings (SSSR count). The van der Waals surface area contributed by atoms with E-state index in [1.165, 1.54) is 106 Å². The first-order chi connectivity index (χ1) is 28.7. The van der Waals surface area contributed by atoms with Crippen LogP contribution in [0.1, 0.15) is 35.4 Å². The minimum Gasteiger partial charge on any atom is -0.0622 e. The van der Waals surface area contributed by atoms with Crippen LogP contribution in [0.15, 0.2) is 212 Å². The van der Waals surface area contributed by atoms with Crippen LogP contribution in [-0.2, 0) is 6.42 Å². The van der Waals surface area contributed by atoms with Crippen LogP contribution in [0.5, 0.6) is 0 Å². The van der Waals surface area contributed by atoms with Gasteiger partial charge in [-0.2, -0.15) is 0 Å². The van der Waals surface area contributed by atoms with Crippen molar-refractivity contribution in [1.29, 1.82) is 0 Å². The van der Waals surface area contributed by atoms with Gasteiger partial charge in [-0.05, 0) is 124 Å². The number of hydrogen-bond acceptors (Lipinski definition) is 0. The summed E-state index contributed by atoms with van der Waals surface area (Å²) in [7, 11) is 0. The third kappa shape index (κ3) is 5.67. The van der Waals surface area contributed by atoms with Crippen LogP contribution in [0.4, 0.5) is 0 Å². The van der Waals surface area contributed by atoms with Crippen LogP contribution >= 0.6 is 0 Å². The SMILES string of the molecule is CC(c1ccccc1)C(Cc1ccc2c(c1)-c1ccccc1-c1ccccc1-c1ccccc1-2)c1ccc2c(c1)-c1ccccc1-c1ccccc1-c1ccccc1-2. The molecule has 0 saturated heterocycles. The zero-order valence-electron chi connectivity index (χ0n) is 32.6. The molecule has 0 N–H and O–H groups in total. The van der Waals surface area contributed by atoms with Gasteiger partial charge in [0.05, 0.1) is 0 Å². The van der Waals surface area contributed by atoms with Crippen LogP contribution < -0.4 is 0 Å². The van der Waals surface area contributed by atoms with E-state index >= 15 is 0 Å². The fraction of sp³-hybridized carbons (Fsp3) is 0.0690. The van der Waals surface area contributed by atoms with Crippen LogP contribution in [0.3, 0.4) is 0 Å². The zero-order valence-corrected chi connectivity index (χ0v) is 32.6. The molecular formula is C58H42. The van der Waals surface area contributed by atoms with E-state index in [4.69, 9.17) is 0 Å². The van der Waals surface area contributed by atoms with Gasteiger partial charge in [0.1, 0.15) is 0 Å². The molecule has 0 bridgehead atoms. The van der Waals surface area contributed by atoms with Crippen molar-refractivity contribution in [1.82, 2.24) is 0 Å². The molecule has 0 aliphatic heterocycles. The highest BCUT2D eigenvalue weighted by Gasteiger charge is 2.28. The van der Waals surface area contributed by atoms with E-state index in [2.05, 4.69) is 219 Å². The Morgan fingerprint density at radius 2 is 0.552 bits per heavy atom. The predicted molar refractivity (Wildman–Crippen MR) is 245 cm³/mol. The van der Waals surface area contributed by atoms with Gasteiger partial charge >= 0.3 is 0 Å². The lowest BCUT2D eigenvalue weighted by atomic mass is 9.75. The molecule has 58 heavy (non-hydrogen) atoms. The molecule has 0 saturated carbocycles. The first kappa shape index (κ1) is 34.2. The van der Waals surface area contributed by atoms with Crippen LogP contribution in [-0.4, -0.2) is 0 Å². The maximum absolute atomic E-state index is 2.53. The van der Waals surface area contributed by atoms with E-state index in [9.17, 15) is 0 Å². The first-order valence-electron chi connectivity index (χ1n) is 20.6. The number of benzene rings is 9. The average Bonchev–Trinajstić information content (AvgIpc) is 3.30. The third-order valence-corrected chi connectivity index (χ3v) is 12.8. The van der Waals surface area contributed by atoms with Crippen LogP contribution in [0.25, 0.3) is 89.0 Å². The Balaban J connectivity index is 1.10. The van der Waals surface area contributed by atoms with Gasteiger partial charge in [0, 0.05) is 0 Å². The van der Waals surface area contributed by atoms with E-state index in [-0.39, 0.29) is 11.8 Å². The standard InChI is InChI=1S/C58H42/c1-38(40-17-3-2-4-18-40)56(41-32-34-55-51-28-12-10-24-47(51)43-20-6-8-22-45(43)49-26-14-16-30-53(49)58(55)37-41)35-39-31-33-54-50-27-11-9-23-46(50)42-19-5-7-21-44(42)48-25-13-15-29-52(48)57(54)36-39/h2-34,36-38,56H,35H2,1H3. The summed E-state index contributed by atoms with van der Waals surface area (Å²) in [6, 6.07) is 79.4. The van der Waals surface area contributed by atoms with E-state index in [1.54, 1.807) is 0 Å². The Morgan fingerprint density at radius 1 is 0.259 bits per heavy atom. The predicted octanol–water partition coefficient (Wildman–Crippen LogP) is 15.8. The Labute approximate surface area is 341 Å². The normalized spacial score (nSPS) is 12.8. The van der Waals surface area contributed by atoms with Gasteiger partial charge in [0.25, 0.3) is 0 Å². The average molecular weight is 739 g/mol. The summed E-state index contributed by atoms with van der Waals surface area (Å²) in [5, 5.41) is 0. The third-order valence-electron chi connectivity index (χ3n) is 12.8. The maximum atomic E-state index is 2.53.